The number of halogens is 3. The Bertz CT molecular complexity index is 473. The molecule has 1 aromatic rings. The SMILES string of the molecule is O=C(NCC(F)F)c1cc(F)cc(C2CCNCC2)c1. The van der Waals surface area contributed by atoms with Crippen molar-refractivity contribution in [2.24, 2.45) is 0 Å². The van der Waals surface area contributed by atoms with Gasteiger partial charge in [-0.2, -0.15) is 0 Å². The van der Waals surface area contributed by atoms with E-state index in [9.17, 15) is 18.0 Å². The molecule has 1 aromatic carbocycles. The molecule has 6 heteroatoms. The minimum Gasteiger partial charge on any atom is -0.346 e. The zero-order chi connectivity index (χ0) is 14.5. The average molecular weight is 286 g/mol. The Kier molecular flexibility index (Phi) is 5.00. The number of nitrogens with one attached hydrogen (secondary N) is 2. The van der Waals surface area contributed by atoms with Gasteiger partial charge >= 0.3 is 0 Å². The minimum atomic E-state index is -2.61. The van der Waals surface area contributed by atoms with Crippen molar-refractivity contribution in [1.82, 2.24) is 10.6 Å². The molecule has 20 heavy (non-hydrogen) atoms. The highest BCUT2D eigenvalue weighted by Gasteiger charge is 2.18. The van der Waals surface area contributed by atoms with Crippen LogP contribution in [-0.4, -0.2) is 32.0 Å². The number of benzene rings is 1. The maximum Gasteiger partial charge on any atom is 0.255 e. The van der Waals surface area contributed by atoms with Crippen molar-refractivity contribution >= 4 is 5.91 Å². The molecule has 0 unspecified atom stereocenters. The van der Waals surface area contributed by atoms with Gasteiger partial charge in [-0.1, -0.05) is 0 Å². The third-order valence-corrected chi connectivity index (χ3v) is 3.41. The van der Waals surface area contributed by atoms with Crippen LogP contribution in [0, 0.1) is 5.82 Å². The Balaban J connectivity index is 2.13. The lowest BCUT2D eigenvalue weighted by Crippen LogP contribution is -2.29. The lowest BCUT2D eigenvalue weighted by molar-refractivity contribution is 0.0891. The highest BCUT2D eigenvalue weighted by atomic mass is 19.3. The summed E-state index contributed by atoms with van der Waals surface area (Å²) in [6.45, 7) is 0.986. The number of amides is 1. The molecule has 1 aliphatic rings. The third-order valence-electron chi connectivity index (χ3n) is 3.41. The number of hydrogen-bond acceptors (Lipinski definition) is 2. The van der Waals surface area contributed by atoms with E-state index in [1.165, 1.54) is 6.07 Å². The van der Waals surface area contributed by atoms with Crippen molar-refractivity contribution < 1.29 is 18.0 Å². The molecule has 2 rings (SSSR count). The molecule has 0 radical (unpaired) electrons. The van der Waals surface area contributed by atoms with Crippen molar-refractivity contribution in [3.63, 3.8) is 0 Å². The van der Waals surface area contributed by atoms with Crippen LogP contribution in [0.3, 0.4) is 0 Å². The van der Waals surface area contributed by atoms with Crippen LogP contribution >= 0.6 is 0 Å². The summed E-state index contributed by atoms with van der Waals surface area (Å²) in [5, 5.41) is 5.30. The van der Waals surface area contributed by atoms with Crippen LogP contribution in [-0.2, 0) is 0 Å². The highest BCUT2D eigenvalue weighted by molar-refractivity contribution is 5.94. The smallest absolute Gasteiger partial charge is 0.255 e. The summed E-state index contributed by atoms with van der Waals surface area (Å²) in [6, 6.07) is 4.09. The number of carbonyl (C=O) groups excluding carboxylic acids is 1. The van der Waals surface area contributed by atoms with Gasteiger partial charge in [0, 0.05) is 5.56 Å². The molecule has 1 saturated heterocycles. The van der Waals surface area contributed by atoms with Gasteiger partial charge in [0.1, 0.15) is 5.82 Å². The third kappa shape index (κ3) is 3.96. The van der Waals surface area contributed by atoms with E-state index >= 15 is 0 Å². The molecular formula is C14H17F3N2O. The topological polar surface area (TPSA) is 41.1 Å². The molecule has 1 amide bonds. The number of rotatable bonds is 4. The van der Waals surface area contributed by atoms with Crippen LogP contribution < -0.4 is 10.6 Å². The van der Waals surface area contributed by atoms with Gasteiger partial charge in [-0.3, -0.25) is 4.79 Å². The van der Waals surface area contributed by atoms with E-state index in [0.717, 1.165) is 37.6 Å². The van der Waals surface area contributed by atoms with Crippen LogP contribution in [0.4, 0.5) is 13.2 Å². The summed E-state index contributed by atoms with van der Waals surface area (Å²) >= 11 is 0. The average Bonchev–Trinajstić information content (AvgIpc) is 2.45. The van der Waals surface area contributed by atoms with E-state index in [1.54, 1.807) is 6.07 Å². The van der Waals surface area contributed by atoms with E-state index in [1.807, 2.05) is 0 Å². The maximum absolute atomic E-state index is 13.6. The molecule has 1 aliphatic heterocycles. The summed E-state index contributed by atoms with van der Waals surface area (Å²) < 4.78 is 37.7. The molecule has 1 heterocycles. The van der Waals surface area contributed by atoms with Gasteiger partial charge in [0.15, 0.2) is 0 Å². The lowest BCUT2D eigenvalue weighted by Gasteiger charge is -2.23. The minimum absolute atomic E-state index is 0.0965. The predicted octanol–water partition coefficient (Wildman–Crippen LogP) is 2.29. The first-order valence-corrected chi connectivity index (χ1v) is 6.64. The first kappa shape index (κ1) is 14.8. The Morgan fingerprint density at radius 3 is 2.65 bits per heavy atom. The highest BCUT2D eigenvalue weighted by Crippen LogP contribution is 2.26. The fourth-order valence-electron chi connectivity index (χ4n) is 2.41. The predicted molar refractivity (Wildman–Crippen MR) is 69.6 cm³/mol. The van der Waals surface area contributed by atoms with Crippen molar-refractivity contribution in [1.29, 1.82) is 0 Å². The monoisotopic (exact) mass is 286 g/mol. The molecule has 0 aliphatic carbocycles. The summed E-state index contributed by atoms with van der Waals surface area (Å²) in [7, 11) is 0. The summed E-state index contributed by atoms with van der Waals surface area (Å²) in [5.74, 6) is -0.975. The van der Waals surface area contributed by atoms with Crippen molar-refractivity contribution in [3.05, 3.63) is 35.1 Å². The van der Waals surface area contributed by atoms with Crippen LogP contribution in [0.2, 0.25) is 0 Å². The Morgan fingerprint density at radius 2 is 2.00 bits per heavy atom. The van der Waals surface area contributed by atoms with Crippen LogP contribution in [0.25, 0.3) is 0 Å². The standard InChI is InChI=1S/C14H17F3N2O/c15-12-6-10(9-1-3-18-4-2-9)5-11(7-12)14(20)19-8-13(16)17/h5-7,9,13,18H,1-4,8H2,(H,19,20). The van der Waals surface area contributed by atoms with Gasteiger partial charge < -0.3 is 10.6 Å². The van der Waals surface area contributed by atoms with E-state index in [2.05, 4.69) is 10.6 Å². The van der Waals surface area contributed by atoms with E-state index in [0.29, 0.717) is 0 Å². The molecule has 1 fully saturated rings. The fraction of sp³-hybridized carbons (Fsp3) is 0.500. The quantitative estimate of drug-likeness (QED) is 0.891. The van der Waals surface area contributed by atoms with Gasteiger partial charge in [0.2, 0.25) is 0 Å². The second-order valence-electron chi connectivity index (χ2n) is 4.90. The van der Waals surface area contributed by atoms with Gasteiger partial charge in [0.05, 0.1) is 6.54 Å². The van der Waals surface area contributed by atoms with Crippen LogP contribution in [0.5, 0.6) is 0 Å². The van der Waals surface area contributed by atoms with Crippen molar-refractivity contribution in [2.45, 2.75) is 25.2 Å². The van der Waals surface area contributed by atoms with Gasteiger partial charge in [0.25, 0.3) is 12.3 Å². The van der Waals surface area contributed by atoms with E-state index in [-0.39, 0.29) is 11.5 Å². The fourth-order valence-corrected chi connectivity index (χ4v) is 2.41. The molecule has 110 valence electrons. The molecule has 0 saturated carbocycles. The number of piperidine rings is 1. The van der Waals surface area contributed by atoms with E-state index in [4.69, 9.17) is 0 Å². The second kappa shape index (κ2) is 6.74. The number of alkyl halides is 2. The Labute approximate surface area is 115 Å². The maximum atomic E-state index is 13.6. The molecule has 0 spiro atoms. The number of hydrogen-bond donors (Lipinski definition) is 2. The van der Waals surface area contributed by atoms with E-state index < -0.39 is 24.7 Å². The molecule has 0 bridgehead atoms. The largest absolute Gasteiger partial charge is 0.346 e. The Morgan fingerprint density at radius 1 is 1.30 bits per heavy atom. The van der Waals surface area contributed by atoms with Gasteiger partial charge in [-0.05, 0) is 55.6 Å². The summed E-state index contributed by atoms with van der Waals surface area (Å²) in [5.41, 5.74) is 0.855. The summed E-state index contributed by atoms with van der Waals surface area (Å²) in [4.78, 5) is 11.7. The zero-order valence-corrected chi connectivity index (χ0v) is 11.0. The van der Waals surface area contributed by atoms with Crippen LogP contribution in [0.1, 0.15) is 34.7 Å². The van der Waals surface area contributed by atoms with Crippen LogP contribution in [0.15, 0.2) is 18.2 Å². The molecular weight excluding hydrogens is 269 g/mol. The van der Waals surface area contributed by atoms with Gasteiger partial charge in [-0.15, -0.1) is 0 Å². The first-order valence-electron chi connectivity index (χ1n) is 6.64. The lowest BCUT2D eigenvalue weighted by atomic mass is 9.89. The molecule has 0 aromatic heterocycles. The molecule has 3 nitrogen and oxygen atoms in total. The van der Waals surface area contributed by atoms with Gasteiger partial charge in [-0.25, -0.2) is 13.2 Å². The normalized spacial score (nSPS) is 16.4. The number of carbonyl (C=O) groups is 1. The second-order valence-corrected chi connectivity index (χ2v) is 4.90. The summed E-state index contributed by atoms with van der Waals surface area (Å²) in [6.07, 6.45) is -0.861. The van der Waals surface area contributed by atoms with Crippen molar-refractivity contribution in [2.75, 3.05) is 19.6 Å². The molecule has 0 atom stereocenters. The Hall–Kier alpha value is -1.56. The van der Waals surface area contributed by atoms with Crippen molar-refractivity contribution in [3.8, 4) is 0 Å². The first-order chi connectivity index (χ1) is 9.56. The molecule has 2 N–H and O–H groups in total. The zero-order valence-electron chi connectivity index (χ0n) is 11.0.